The summed E-state index contributed by atoms with van der Waals surface area (Å²) in [6, 6.07) is 11.0. The highest BCUT2D eigenvalue weighted by Gasteiger charge is 2.19. The first-order chi connectivity index (χ1) is 12.8. The minimum absolute atomic E-state index is 0.137. The highest BCUT2D eigenvalue weighted by Crippen LogP contribution is 2.21. The lowest BCUT2D eigenvalue weighted by molar-refractivity contribution is -0.125. The zero-order valence-electron chi connectivity index (χ0n) is 16.2. The number of hydrogen-bond donors (Lipinski definition) is 1. The molecule has 0 radical (unpaired) electrons. The van der Waals surface area contributed by atoms with Gasteiger partial charge in [-0.15, -0.1) is 0 Å². The molecular weight excluding hydrogens is 344 g/mol. The van der Waals surface area contributed by atoms with Gasteiger partial charge in [0.1, 0.15) is 5.69 Å². The van der Waals surface area contributed by atoms with Crippen LogP contribution in [0, 0.1) is 5.92 Å². The van der Waals surface area contributed by atoms with Gasteiger partial charge in [-0.2, -0.15) is 0 Å². The Morgan fingerprint density at radius 1 is 1.15 bits per heavy atom. The molecule has 0 bridgehead atoms. The number of nitrogens with one attached hydrogen (secondary N) is 1. The van der Waals surface area contributed by atoms with E-state index in [0.717, 1.165) is 12.0 Å². The molecule has 6 heteroatoms. The monoisotopic (exact) mass is 370 g/mol. The molecule has 1 amide bonds. The summed E-state index contributed by atoms with van der Waals surface area (Å²) in [6.07, 6.45) is 2.34. The normalized spacial score (nSPS) is 11.9. The number of hydrogen-bond acceptors (Lipinski definition) is 4. The second-order valence-corrected chi connectivity index (χ2v) is 7.02. The van der Waals surface area contributed by atoms with E-state index in [1.165, 1.54) is 17.6 Å². The van der Waals surface area contributed by atoms with Crippen LogP contribution in [0.15, 0.2) is 42.6 Å². The average molecular weight is 370 g/mol. The number of aromatic nitrogens is 1. The van der Waals surface area contributed by atoms with Crippen LogP contribution in [0.3, 0.4) is 0 Å². The number of nitrogens with zero attached hydrogens (tertiary/aromatic N) is 1. The molecule has 0 aliphatic rings. The molecule has 27 heavy (non-hydrogen) atoms. The Balaban J connectivity index is 1.97. The molecule has 0 saturated carbocycles. The smallest absolute Gasteiger partial charge is 0.355 e. The Morgan fingerprint density at radius 3 is 2.37 bits per heavy atom. The van der Waals surface area contributed by atoms with Gasteiger partial charge in [0.2, 0.25) is 0 Å². The van der Waals surface area contributed by atoms with Gasteiger partial charge in [0.25, 0.3) is 5.91 Å². The summed E-state index contributed by atoms with van der Waals surface area (Å²) in [4.78, 5) is 35.9. The van der Waals surface area contributed by atoms with Crippen molar-refractivity contribution in [2.24, 2.45) is 13.0 Å². The van der Waals surface area contributed by atoms with Crippen LogP contribution in [0.4, 0.5) is 0 Å². The molecule has 1 atom stereocenters. The van der Waals surface area contributed by atoms with Crippen LogP contribution in [-0.2, 0) is 16.6 Å². The molecule has 0 saturated heterocycles. The van der Waals surface area contributed by atoms with Gasteiger partial charge < -0.3 is 14.6 Å². The topological polar surface area (TPSA) is 77.4 Å². The van der Waals surface area contributed by atoms with Crippen LogP contribution in [0.2, 0.25) is 0 Å². The third-order valence-electron chi connectivity index (χ3n) is 4.20. The Bertz CT molecular complexity index is 809. The second-order valence-electron chi connectivity index (χ2n) is 7.02. The Morgan fingerprint density at radius 2 is 1.81 bits per heavy atom. The maximum absolute atomic E-state index is 12.3. The first-order valence-electron chi connectivity index (χ1n) is 8.96. The summed E-state index contributed by atoms with van der Waals surface area (Å²) in [6.45, 7) is 5.23. The van der Waals surface area contributed by atoms with Gasteiger partial charge in [-0.05, 0) is 30.9 Å². The zero-order valence-corrected chi connectivity index (χ0v) is 16.2. The summed E-state index contributed by atoms with van der Waals surface area (Å²) in [5.41, 5.74) is 1.67. The number of esters is 1. The number of carbonyl (C=O) groups excluding carboxylic acids is 3. The number of carbonyl (C=O) groups is 3. The summed E-state index contributed by atoms with van der Waals surface area (Å²) in [7, 11) is 1.65. The minimum atomic E-state index is -0.639. The van der Waals surface area contributed by atoms with Crippen molar-refractivity contribution in [1.29, 1.82) is 0 Å². The third-order valence-corrected chi connectivity index (χ3v) is 4.20. The maximum Gasteiger partial charge on any atom is 0.355 e. The van der Waals surface area contributed by atoms with Crippen molar-refractivity contribution >= 4 is 17.7 Å². The number of Topliss-reactive ketones (excluding diaryl/α,β-unsaturated/α-hetero) is 1. The van der Waals surface area contributed by atoms with Crippen LogP contribution in [0.5, 0.6) is 0 Å². The lowest BCUT2D eigenvalue weighted by Crippen LogP contribution is -2.33. The third kappa shape index (κ3) is 5.81. The number of amides is 1. The fourth-order valence-electron chi connectivity index (χ4n) is 2.84. The molecule has 2 rings (SSSR count). The zero-order chi connectivity index (χ0) is 20.0. The summed E-state index contributed by atoms with van der Waals surface area (Å²) in [5.74, 6) is -0.743. The van der Waals surface area contributed by atoms with Crippen molar-refractivity contribution in [3.63, 3.8) is 0 Å². The SMILES string of the molecule is CC(=O)c1cc(C(=O)OCC(=O)N[C@@H](CC(C)C)c2ccccc2)n(C)c1. The standard InChI is InChI=1S/C21H26N2O4/c1-14(2)10-18(16-8-6-5-7-9-16)22-20(25)13-27-21(26)19-11-17(15(3)24)12-23(19)4/h5-9,11-12,14,18H,10,13H2,1-4H3,(H,22,25)/t18-/m0/s1. The van der Waals surface area contributed by atoms with Gasteiger partial charge in [-0.25, -0.2) is 4.79 Å². The van der Waals surface area contributed by atoms with E-state index >= 15 is 0 Å². The van der Waals surface area contributed by atoms with E-state index in [0.29, 0.717) is 11.5 Å². The summed E-state index contributed by atoms with van der Waals surface area (Å²) < 4.78 is 6.64. The molecule has 0 aliphatic heterocycles. The average Bonchev–Trinajstić information content (AvgIpc) is 3.02. The van der Waals surface area contributed by atoms with Crippen molar-refractivity contribution in [2.45, 2.75) is 33.2 Å². The van der Waals surface area contributed by atoms with Crippen LogP contribution in [0.1, 0.15) is 59.6 Å². The van der Waals surface area contributed by atoms with Gasteiger partial charge in [0.05, 0.1) is 6.04 Å². The van der Waals surface area contributed by atoms with Crippen molar-refractivity contribution < 1.29 is 19.1 Å². The number of rotatable bonds is 8. The molecule has 0 unspecified atom stereocenters. The van der Waals surface area contributed by atoms with Crippen molar-refractivity contribution in [3.05, 3.63) is 59.4 Å². The fraction of sp³-hybridized carbons (Fsp3) is 0.381. The quantitative estimate of drug-likeness (QED) is 0.571. The van der Waals surface area contributed by atoms with Gasteiger partial charge in [-0.3, -0.25) is 9.59 Å². The molecule has 1 aromatic carbocycles. The Labute approximate surface area is 159 Å². The highest BCUT2D eigenvalue weighted by atomic mass is 16.5. The summed E-state index contributed by atoms with van der Waals surface area (Å²) >= 11 is 0. The first kappa shape index (κ1) is 20.4. The van der Waals surface area contributed by atoms with Crippen LogP contribution in [0.25, 0.3) is 0 Å². The van der Waals surface area contributed by atoms with Crippen molar-refractivity contribution in [1.82, 2.24) is 9.88 Å². The van der Waals surface area contributed by atoms with Gasteiger partial charge in [-0.1, -0.05) is 44.2 Å². The maximum atomic E-state index is 12.3. The van der Waals surface area contributed by atoms with E-state index in [1.807, 2.05) is 30.3 Å². The number of benzene rings is 1. The van der Waals surface area contributed by atoms with Crippen molar-refractivity contribution in [2.75, 3.05) is 6.61 Å². The lowest BCUT2D eigenvalue weighted by Gasteiger charge is -2.21. The largest absolute Gasteiger partial charge is 0.451 e. The van der Waals surface area contributed by atoms with E-state index in [9.17, 15) is 14.4 Å². The molecule has 144 valence electrons. The Kier molecular flexibility index (Phi) is 6.93. The van der Waals surface area contributed by atoms with E-state index in [2.05, 4.69) is 19.2 Å². The van der Waals surface area contributed by atoms with E-state index in [1.54, 1.807) is 13.2 Å². The molecule has 0 fully saturated rings. The lowest BCUT2D eigenvalue weighted by atomic mass is 9.97. The number of ketones is 1. The fourth-order valence-corrected chi connectivity index (χ4v) is 2.84. The van der Waals surface area contributed by atoms with Crippen LogP contribution in [-0.4, -0.2) is 28.8 Å². The van der Waals surface area contributed by atoms with Crippen LogP contribution >= 0.6 is 0 Å². The summed E-state index contributed by atoms with van der Waals surface area (Å²) in [5, 5.41) is 2.93. The molecular formula is C21H26N2O4. The minimum Gasteiger partial charge on any atom is -0.451 e. The number of aryl methyl sites for hydroxylation is 1. The van der Waals surface area contributed by atoms with Gasteiger partial charge in [0.15, 0.2) is 12.4 Å². The first-order valence-corrected chi connectivity index (χ1v) is 8.96. The Hall–Kier alpha value is -2.89. The van der Waals surface area contributed by atoms with Crippen LogP contribution < -0.4 is 5.32 Å². The highest BCUT2D eigenvalue weighted by molar-refractivity contribution is 5.98. The second kappa shape index (κ2) is 9.16. The predicted molar refractivity (Wildman–Crippen MR) is 102 cm³/mol. The molecule has 0 aliphatic carbocycles. The molecule has 1 heterocycles. The van der Waals surface area contributed by atoms with E-state index in [-0.39, 0.29) is 30.0 Å². The molecule has 2 aromatic rings. The predicted octanol–water partition coefficient (Wildman–Crippen LogP) is 3.29. The molecule has 6 nitrogen and oxygen atoms in total. The molecule has 0 spiro atoms. The number of ether oxygens (including phenoxy) is 1. The van der Waals surface area contributed by atoms with Gasteiger partial charge >= 0.3 is 5.97 Å². The molecule has 1 N–H and O–H groups in total. The molecule has 1 aromatic heterocycles. The van der Waals surface area contributed by atoms with Crippen molar-refractivity contribution in [3.8, 4) is 0 Å². The van der Waals surface area contributed by atoms with E-state index < -0.39 is 5.97 Å². The van der Waals surface area contributed by atoms with E-state index in [4.69, 9.17) is 4.74 Å². The van der Waals surface area contributed by atoms with Gasteiger partial charge in [0, 0.05) is 18.8 Å².